The molecule has 2 N–H and O–H groups in total. The Morgan fingerprint density at radius 2 is 2.18 bits per heavy atom. The van der Waals surface area contributed by atoms with E-state index in [4.69, 9.17) is 5.90 Å². The quantitative estimate of drug-likeness (QED) is 0.804. The molecule has 0 bridgehead atoms. The lowest BCUT2D eigenvalue weighted by Crippen LogP contribution is -2.29. The number of nitrogens with two attached hydrogens (primary N) is 1. The highest BCUT2D eigenvalue weighted by Crippen LogP contribution is 2.18. The van der Waals surface area contributed by atoms with E-state index in [1.54, 1.807) is 4.90 Å². The van der Waals surface area contributed by atoms with E-state index in [1.165, 1.54) is 24.3 Å². The Morgan fingerprint density at radius 3 is 2.82 bits per heavy atom. The summed E-state index contributed by atoms with van der Waals surface area (Å²) in [5.74, 6) is 4.91. The van der Waals surface area contributed by atoms with Crippen molar-refractivity contribution in [2.75, 3.05) is 19.7 Å². The minimum atomic E-state index is -0.336. The van der Waals surface area contributed by atoms with Gasteiger partial charge in [-0.25, -0.2) is 10.3 Å². The molecule has 17 heavy (non-hydrogen) atoms. The van der Waals surface area contributed by atoms with Gasteiger partial charge in [0.1, 0.15) is 5.82 Å². The van der Waals surface area contributed by atoms with Gasteiger partial charge in [0.15, 0.2) is 0 Å². The van der Waals surface area contributed by atoms with Crippen molar-refractivity contribution in [1.82, 2.24) is 4.90 Å². The van der Waals surface area contributed by atoms with Gasteiger partial charge in [-0.15, -0.1) is 0 Å². The van der Waals surface area contributed by atoms with Crippen molar-refractivity contribution >= 4 is 5.91 Å². The summed E-state index contributed by atoms with van der Waals surface area (Å²) in [4.78, 5) is 18.4. The number of hydrogen-bond donors (Lipinski definition) is 1. The first-order valence-corrected chi connectivity index (χ1v) is 5.57. The number of benzene rings is 1. The SMILES string of the molecule is NOCC1CCN(C(=O)c2ccc(F)cc2)C1. The first-order valence-electron chi connectivity index (χ1n) is 5.57. The zero-order chi connectivity index (χ0) is 12.3. The van der Waals surface area contributed by atoms with Gasteiger partial charge in [-0.1, -0.05) is 0 Å². The van der Waals surface area contributed by atoms with Gasteiger partial charge in [0, 0.05) is 24.6 Å². The van der Waals surface area contributed by atoms with Crippen molar-refractivity contribution in [3.63, 3.8) is 0 Å². The van der Waals surface area contributed by atoms with Crippen LogP contribution in [0, 0.1) is 11.7 Å². The van der Waals surface area contributed by atoms with Gasteiger partial charge in [-0.2, -0.15) is 0 Å². The highest BCUT2D eigenvalue weighted by Gasteiger charge is 2.26. The molecule has 4 nitrogen and oxygen atoms in total. The zero-order valence-corrected chi connectivity index (χ0v) is 9.43. The van der Waals surface area contributed by atoms with Gasteiger partial charge in [0.05, 0.1) is 6.61 Å². The molecule has 0 aromatic heterocycles. The van der Waals surface area contributed by atoms with Crippen molar-refractivity contribution < 1.29 is 14.0 Å². The Labute approximate surface area is 99.1 Å². The lowest BCUT2D eigenvalue weighted by atomic mass is 10.1. The van der Waals surface area contributed by atoms with E-state index >= 15 is 0 Å². The van der Waals surface area contributed by atoms with E-state index in [9.17, 15) is 9.18 Å². The largest absolute Gasteiger partial charge is 0.338 e. The third-order valence-corrected chi connectivity index (χ3v) is 3.00. The predicted molar refractivity (Wildman–Crippen MR) is 60.5 cm³/mol. The summed E-state index contributed by atoms with van der Waals surface area (Å²) in [5.41, 5.74) is 0.515. The lowest BCUT2D eigenvalue weighted by molar-refractivity contribution is 0.0754. The van der Waals surface area contributed by atoms with Crippen molar-refractivity contribution in [3.8, 4) is 0 Å². The van der Waals surface area contributed by atoms with Gasteiger partial charge < -0.3 is 9.74 Å². The highest BCUT2D eigenvalue weighted by atomic mass is 19.1. The molecule has 1 aromatic rings. The van der Waals surface area contributed by atoms with E-state index in [2.05, 4.69) is 4.84 Å². The maximum Gasteiger partial charge on any atom is 0.253 e. The van der Waals surface area contributed by atoms with E-state index in [0.717, 1.165) is 6.42 Å². The van der Waals surface area contributed by atoms with Crippen LogP contribution in [0.3, 0.4) is 0 Å². The van der Waals surface area contributed by atoms with Gasteiger partial charge in [-0.05, 0) is 30.7 Å². The summed E-state index contributed by atoms with van der Waals surface area (Å²) in [6.45, 7) is 1.81. The van der Waals surface area contributed by atoms with Crippen LogP contribution in [0.4, 0.5) is 4.39 Å². The molecule has 1 aromatic carbocycles. The molecule has 1 heterocycles. The number of hydrogen-bond acceptors (Lipinski definition) is 3. The minimum Gasteiger partial charge on any atom is -0.338 e. The molecule has 1 saturated heterocycles. The summed E-state index contributed by atoms with van der Waals surface area (Å²) in [5, 5.41) is 0. The third kappa shape index (κ3) is 2.81. The molecular weight excluding hydrogens is 223 g/mol. The maximum atomic E-state index is 12.7. The number of nitrogens with zero attached hydrogens (tertiary/aromatic N) is 1. The van der Waals surface area contributed by atoms with Crippen LogP contribution in [-0.2, 0) is 4.84 Å². The Morgan fingerprint density at radius 1 is 1.47 bits per heavy atom. The van der Waals surface area contributed by atoms with Gasteiger partial charge in [0.2, 0.25) is 0 Å². The van der Waals surface area contributed by atoms with Crippen LogP contribution in [0.1, 0.15) is 16.8 Å². The molecule has 1 fully saturated rings. The van der Waals surface area contributed by atoms with E-state index < -0.39 is 0 Å². The first-order chi connectivity index (χ1) is 8.20. The number of likely N-dealkylation sites (tertiary alicyclic amines) is 1. The standard InChI is InChI=1S/C12H15FN2O2/c13-11-3-1-10(2-4-11)12(16)15-6-5-9(7-15)8-17-14/h1-4,9H,5-8,14H2. The zero-order valence-electron chi connectivity index (χ0n) is 9.43. The van der Waals surface area contributed by atoms with Crippen molar-refractivity contribution in [2.45, 2.75) is 6.42 Å². The highest BCUT2D eigenvalue weighted by molar-refractivity contribution is 5.94. The Hall–Kier alpha value is -1.46. The second-order valence-electron chi connectivity index (χ2n) is 4.25. The van der Waals surface area contributed by atoms with Crippen LogP contribution < -0.4 is 5.90 Å². The first kappa shape index (κ1) is 12.0. The fourth-order valence-electron chi connectivity index (χ4n) is 2.06. The van der Waals surface area contributed by atoms with Crippen LogP contribution in [0.5, 0.6) is 0 Å². The molecule has 1 amide bonds. The molecule has 1 atom stereocenters. The van der Waals surface area contributed by atoms with Crippen molar-refractivity contribution in [2.24, 2.45) is 11.8 Å². The fraction of sp³-hybridized carbons (Fsp3) is 0.417. The lowest BCUT2D eigenvalue weighted by Gasteiger charge is -2.16. The Kier molecular flexibility index (Phi) is 3.71. The normalized spacial score (nSPS) is 19.6. The third-order valence-electron chi connectivity index (χ3n) is 3.00. The molecular formula is C12H15FN2O2. The number of carbonyl (C=O) groups is 1. The molecule has 0 spiro atoms. The smallest absolute Gasteiger partial charge is 0.253 e. The number of rotatable bonds is 3. The molecule has 1 aliphatic rings. The summed E-state index contributed by atoms with van der Waals surface area (Å²) in [6, 6.07) is 5.60. The average Bonchev–Trinajstić information content (AvgIpc) is 2.78. The van der Waals surface area contributed by atoms with Crippen molar-refractivity contribution in [3.05, 3.63) is 35.6 Å². The Balaban J connectivity index is 1.99. The van der Waals surface area contributed by atoms with Gasteiger partial charge in [-0.3, -0.25) is 4.79 Å². The Bertz CT molecular complexity index is 394. The van der Waals surface area contributed by atoms with Crippen molar-refractivity contribution in [1.29, 1.82) is 0 Å². The maximum absolute atomic E-state index is 12.7. The van der Waals surface area contributed by atoms with Gasteiger partial charge >= 0.3 is 0 Å². The van der Waals surface area contributed by atoms with Crippen LogP contribution >= 0.6 is 0 Å². The predicted octanol–water partition coefficient (Wildman–Crippen LogP) is 1.18. The molecule has 1 unspecified atom stereocenters. The summed E-state index contributed by atoms with van der Waals surface area (Å²) >= 11 is 0. The van der Waals surface area contributed by atoms with E-state index in [1.807, 2.05) is 0 Å². The average molecular weight is 238 g/mol. The second kappa shape index (κ2) is 5.25. The molecule has 0 saturated carbocycles. The monoisotopic (exact) mass is 238 g/mol. The number of carbonyl (C=O) groups excluding carboxylic acids is 1. The molecule has 5 heteroatoms. The van der Waals surface area contributed by atoms with Crippen LogP contribution in [0.2, 0.25) is 0 Å². The number of halogens is 1. The molecule has 92 valence electrons. The molecule has 1 aliphatic heterocycles. The summed E-state index contributed by atoms with van der Waals surface area (Å²) in [6.07, 6.45) is 0.893. The minimum absolute atomic E-state index is 0.0653. The molecule has 2 rings (SSSR count). The van der Waals surface area contributed by atoms with E-state index in [0.29, 0.717) is 31.2 Å². The van der Waals surface area contributed by atoms with Crippen LogP contribution in [0.25, 0.3) is 0 Å². The fourth-order valence-corrected chi connectivity index (χ4v) is 2.06. The van der Waals surface area contributed by atoms with Gasteiger partial charge in [0.25, 0.3) is 5.91 Å². The van der Waals surface area contributed by atoms with E-state index in [-0.39, 0.29) is 11.7 Å². The van der Waals surface area contributed by atoms with Crippen LogP contribution in [-0.4, -0.2) is 30.5 Å². The van der Waals surface area contributed by atoms with Crippen LogP contribution in [0.15, 0.2) is 24.3 Å². The second-order valence-corrected chi connectivity index (χ2v) is 4.25. The molecule has 0 aliphatic carbocycles. The summed E-state index contributed by atoms with van der Waals surface area (Å²) in [7, 11) is 0. The summed E-state index contributed by atoms with van der Waals surface area (Å²) < 4.78 is 12.7. The molecule has 0 radical (unpaired) electrons. The number of amides is 1. The topological polar surface area (TPSA) is 55.6 Å².